The monoisotopic (exact) mass is 496 g/mol. The van der Waals surface area contributed by atoms with Crippen molar-refractivity contribution in [1.82, 2.24) is 20.1 Å². The van der Waals surface area contributed by atoms with Gasteiger partial charge in [-0.05, 0) is 36.8 Å². The second-order valence-corrected chi connectivity index (χ2v) is 10.2. The summed E-state index contributed by atoms with van der Waals surface area (Å²) in [6, 6.07) is 1.33. The molecule has 0 spiro atoms. The number of likely N-dealkylation sites (tertiary alicyclic amines) is 1. The minimum Gasteiger partial charge on any atom is -0.379 e. The lowest BCUT2D eigenvalue weighted by molar-refractivity contribution is -0.144. The van der Waals surface area contributed by atoms with E-state index in [9.17, 15) is 22.8 Å². The Morgan fingerprint density at radius 3 is 2.97 bits per heavy atom. The number of carbonyl (C=O) groups excluding carboxylic acids is 2. The van der Waals surface area contributed by atoms with Crippen molar-refractivity contribution in [3.8, 4) is 0 Å². The Hall–Kier alpha value is -2.24. The van der Waals surface area contributed by atoms with Gasteiger partial charge in [-0.3, -0.25) is 14.6 Å². The molecule has 1 aromatic rings. The van der Waals surface area contributed by atoms with Gasteiger partial charge in [-0.15, -0.1) is 0 Å². The maximum Gasteiger partial charge on any atom is 0.417 e. The van der Waals surface area contributed by atoms with Crippen molar-refractivity contribution in [2.24, 2.45) is 11.3 Å². The van der Waals surface area contributed by atoms with Gasteiger partial charge >= 0.3 is 6.18 Å². The van der Waals surface area contributed by atoms with Gasteiger partial charge in [0.1, 0.15) is 0 Å². The first-order valence-corrected chi connectivity index (χ1v) is 12.1. The van der Waals surface area contributed by atoms with Crippen LogP contribution in [0.15, 0.2) is 12.3 Å². The number of carbonyl (C=O) groups is 2. The molecule has 8 nitrogen and oxygen atoms in total. The molecule has 2 unspecified atom stereocenters. The molecule has 1 aliphatic carbocycles. The number of fused-ring (bicyclic) bond motifs is 2. The molecule has 0 bridgehead atoms. The summed E-state index contributed by atoms with van der Waals surface area (Å²) < 4.78 is 50.8. The zero-order valence-corrected chi connectivity index (χ0v) is 19.7. The maximum atomic E-state index is 14.0. The lowest BCUT2D eigenvalue weighted by Gasteiger charge is -2.37. The summed E-state index contributed by atoms with van der Waals surface area (Å²) in [7, 11) is 1.66. The quantitative estimate of drug-likeness (QED) is 0.624. The fourth-order valence-corrected chi connectivity index (χ4v) is 6.46. The molecule has 11 heteroatoms. The fraction of sp³-hybridized carbons (Fsp3) is 0.708. The zero-order valence-electron chi connectivity index (χ0n) is 19.7. The van der Waals surface area contributed by atoms with E-state index in [4.69, 9.17) is 9.47 Å². The van der Waals surface area contributed by atoms with Crippen LogP contribution in [0, 0.1) is 11.3 Å². The van der Waals surface area contributed by atoms with Crippen molar-refractivity contribution in [1.29, 1.82) is 0 Å². The normalized spacial score (nSPS) is 32.9. The van der Waals surface area contributed by atoms with Crippen LogP contribution < -0.4 is 5.32 Å². The Morgan fingerprint density at radius 1 is 1.40 bits per heavy atom. The van der Waals surface area contributed by atoms with E-state index < -0.39 is 17.2 Å². The summed E-state index contributed by atoms with van der Waals surface area (Å²) in [5.41, 5.74) is -0.494. The molecule has 1 saturated carbocycles. The summed E-state index contributed by atoms with van der Waals surface area (Å²) in [6.45, 7) is 2.53. The van der Waals surface area contributed by atoms with Crippen molar-refractivity contribution in [2.75, 3.05) is 40.0 Å². The Morgan fingerprint density at radius 2 is 2.23 bits per heavy atom. The van der Waals surface area contributed by atoms with Gasteiger partial charge in [0.25, 0.3) is 0 Å². The number of pyridine rings is 1. The molecule has 1 aromatic heterocycles. The highest BCUT2D eigenvalue weighted by atomic mass is 19.4. The highest BCUT2D eigenvalue weighted by Gasteiger charge is 2.59. The topological polar surface area (TPSA) is 84.0 Å². The number of halogens is 3. The Kier molecular flexibility index (Phi) is 6.52. The molecule has 2 amide bonds. The van der Waals surface area contributed by atoms with Crippen LogP contribution in [0.3, 0.4) is 0 Å². The highest BCUT2D eigenvalue weighted by molar-refractivity contribution is 5.85. The van der Waals surface area contributed by atoms with Gasteiger partial charge < -0.3 is 24.6 Å². The van der Waals surface area contributed by atoms with Crippen molar-refractivity contribution in [3.05, 3.63) is 29.1 Å². The van der Waals surface area contributed by atoms with Gasteiger partial charge in [-0.1, -0.05) is 0 Å². The number of ether oxygens (including phenoxy) is 2. The third-order valence-electron chi connectivity index (χ3n) is 8.19. The summed E-state index contributed by atoms with van der Waals surface area (Å²) >= 11 is 0. The standard InChI is InChI=1S/C24H31F3N4O4/c1-34-21-12-35-5-3-20(21)29-18-7-17-11-30(14-32)13-23(17,8-18)22(33)31-4-2-19-15(10-31)6-16(9-28-19)24(25,26)27/h6,9,14,17-18,20-21,29H,2-5,7-8,10-13H2,1H3/t17-,18+,20?,21?,23-/m0/s1. The van der Waals surface area contributed by atoms with Crippen molar-refractivity contribution >= 4 is 12.3 Å². The largest absolute Gasteiger partial charge is 0.417 e. The second-order valence-electron chi connectivity index (χ2n) is 10.2. The molecule has 192 valence electrons. The number of hydrogen-bond donors (Lipinski definition) is 1. The summed E-state index contributed by atoms with van der Waals surface area (Å²) in [4.78, 5) is 32.9. The van der Waals surface area contributed by atoms with Crippen LogP contribution >= 0.6 is 0 Å². The van der Waals surface area contributed by atoms with Crippen molar-refractivity contribution < 1.29 is 32.2 Å². The number of amides is 2. The number of rotatable bonds is 5. The zero-order chi connectivity index (χ0) is 24.8. The minimum absolute atomic E-state index is 0.000401. The molecule has 0 radical (unpaired) electrons. The van der Waals surface area contributed by atoms with E-state index in [1.54, 1.807) is 16.9 Å². The number of nitrogens with one attached hydrogen (secondary N) is 1. The molecule has 3 fully saturated rings. The van der Waals surface area contributed by atoms with E-state index in [0.717, 1.165) is 31.5 Å². The van der Waals surface area contributed by atoms with Crippen LogP contribution in [0.1, 0.15) is 36.1 Å². The lowest BCUT2D eigenvalue weighted by atomic mass is 9.78. The molecule has 4 heterocycles. The van der Waals surface area contributed by atoms with Crippen LogP contribution in [0.4, 0.5) is 13.2 Å². The van der Waals surface area contributed by atoms with Gasteiger partial charge in [0.05, 0.1) is 23.7 Å². The molecular formula is C24H31F3N4O4. The van der Waals surface area contributed by atoms with Gasteiger partial charge in [0.2, 0.25) is 12.3 Å². The third kappa shape index (κ3) is 4.53. The van der Waals surface area contributed by atoms with Gasteiger partial charge in [-0.25, -0.2) is 0 Å². The Balaban J connectivity index is 1.35. The summed E-state index contributed by atoms with van der Waals surface area (Å²) in [5, 5.41) is 3.68. The average Bonchev–Trinajstić information content (AvgIpc) is 3.37. The second kappa shape index (κ2) is 9.33. The Labute approximate surface area is 202 Å². The number of aromatic nitrogens is 1. The first-order valence-electron chi connectivity index (χ1n) is 12.1. The molecule has 0 aromatic carbocycles. The smallest absolute Gasteiger partial charge is 0.379 e. The minimum atomic E-state index is -4.48. The first kappa shape index (κ1) is 24.5. The van der Waals surface area contributed by atoms with Crippen LogP contribution in [0.25, 0.3) is 0 Å². The van der Waals surface area contributed by atoms with Crippen molar-refractivity contribution in [3.63, 3.8) is 0 Å². The molecule has 4 aliphatic rings. The van der Waals surface area contributed by atoms with Gasteiger partial charge in [0, 0.05) is 70.3 Å². The molecule has 1 N–H and O–H groups in total. The number of methoxy groups -OCH3 is 1. The molecule has 3 aliphatic heterocycles. The molecule has 5 atom stereocenters. The summed E-state index contributed by atoms with van der Waals surface area (Å²) in [6.07, 6.45) is -0.317. The van der Waals surface area contributed by atoms with E-state index in [1.165, 1.54) is 0 Å². The van der Waals surface area contributed by atoms with Crippen LogP contribution in [-0.2, 0) is 38.2 Å². The first-order chi connectivity index (χ1) is 16.7. The van der Waals surface area contributed by atoms with E-state index >= 15 is 0 Å². The van der Waals surface area contributed by atoms with E-state index in [0.29, 0.717) is 56.9 Å². The van der Waals surface area contributed by atoms with E-state index in [2.05, 4.69) is 10.3 Å². The third-order valence-corrected chi connectivity index (χ3v) is 8.19. The summed E-state index contributed by atoms with van der Waals surface area (Å²) in [5.74, 6) is -0.0750. The highest BCUT2D eigenvalue weighted by Crippen LogP contribution is 2.50. The van der Waals surface area contributed by atoms with Crippen LogP contribution in [0.2, 0.25) is 0 Å². The van der Waals surface area contributed by atoms with Crippen molar-refractivity contribution in [2.45, 2.75) is 56.6 Å². The van der Waals surface area contributed by atoms with Crippen LogP contribution in [-0.4, -0.2) is 85.2 Å². The molecular weight excluding hydrogens is 465 g/mol. The predicted molar refractivity (Wildman–Crippen MR) is 118 cm³/mol. The maximum absolute atomic E-state index is 14.0. The number of nitrogens with zero attached hydrogens (tertiary/aromatic N) is 3. The number of hydrogen-bond acceptors (Lipinski definition) is 6. The predicted octanol–water partition coefficient (Wildman–Crippen LogP) is 1.62. The van der Waals surface area contributed by atoms with Crippen LogP contribution in [0.5, 0.6) is 0 Å². The average molecular weight is 497 g/mol. The molecule has 5 rings (SSSR count). The number of alkyl halides is 3. The molecule has 35 heavy (non-hydrogen) atoms. The van der Waals surface area contributed by atoms with E-state index in [1.807, 2.05) is 0 Å². The molecule has 2 saturated heterocycles. The Bertz CT molecular complexity index is 977. The lowest BCUT2D eigenvalue weighted by Crippen LogP contribution is -2.52. The SMILES string of the molecule is COC1COCCC1N[C@@H]1C[C@H]2CN(C=O)C[C@@]2(C(=O)N2CCc3ncc(C(F)(F)F)cc3C2)C1. The van der Waals surface area contributed by atoms with Gasteiger partial charge in [0.15, 0.2) is 0 Å². The van der Waals surface area contributed by atoms with Gasteiger partial charge in [-0.2, -0.15) is 13.2 Å². The fourth-order valence-electron chi connectivity index (χ4n) is 6.46. The van der Waals surface area contributed by atoms with E-state index in [-0.39, 0.29) is 36.6 Å².